The molecule has 1 fully saturated rings. The van der Waals surface area contributed by atoms with Crippen molar-refractivity contribution in [3.8, 4) is 0 Å². The molecule has 3 aromatic rings. The summed E-state index contributed by atoms with van der Waals surface area (Å²) in [6.45, 7) is 5.77. The molecular weight excluding hydrogens is 333 g/mol. The standard InChI is InChI=1S/C19H22FN5O/c1-14-12-17-19(21-6-7-25(17)23-14)22-13-18(24-8-10-26-11-9-24)15-2-4-16(20)5-3-15/h2-7,12,18H,8-11,13H2,1H3,(H,21,22). The fourth-order valence-electron chi connectivity index (χ4n) is 3.41. The molecule has 0 spiro atoms. The average molecular weight is 355 g/mol. The van der Waals surface area contributed by atoms with Crippen LogP contribution in [0.1, 0.15) is 17.3 Å². The Morgan fingerprint density at radius 1 is 1.23 bits per heavy atom. The summed E-state index contributed by atoms with van der Waals surface area (Å²) >= 11 is 0. The molecule has 1 N–H and O–H groups in total. The van der Waals surface area contributed by atoms with Crippen molar-refractivity contribution in [1.29, 1.82) is 0 Å². The van der Waals surface area contributed by atoms with Crippen LogP contribution >= 0.6 is 0 Å². The number of hydrogen-bond donors (Lipinski definition) is 1. The predicted octanol–water partition coefficient (Wildman–Crippen LogP) is 2.66. The van der Waals surface area contributed by atoms with E-state index in [0.717, 1.165) is 35.7 Å². The van der Waals surface area contributed by atoms with E-state index in [0.29, 0.717) is 19.8 Å². The Kier molecular flexibility index (Phi) is 4.81. The highest BCUT2D eigenvalue weighted by atomic mass is 19.1. The van der Waals surface area contributed by atoms with Crippen LogP contribution in [0.15, 0.2) is 42.7 Å². The largest absolute Gasteiger partial charge is 0.379 e. The summed E-state index contributed by atoms with van der Waals surface area (Å²) in [6.07, 6.45) is 3.58. The Balaban J connectivity index is 1.58. The number of fused-ring (bicyclic) bond motifs is 1. The van der Waals surface area contributed by atoms with Gasteiger partial charge in [0.2, 0.25) is 0 Å². The molecule has 26 heavy (non-hydrogen) atoms. The molecule has 0 bridgehead atoms. The minimum atomic E-state index is -0.219. The van der Waals surface area contributed by atoms with Gasteiger partial charge in [-0.15, -0.1) is 0 Å². The lowest BCUT2D eigenvalue weighted by Gasteiger charge is -2.35. The highest BCUT2D eigenvalue weighted by molar-refractivity contribution is 5.67. The lowest BCUT2D eigenvalue weighted by molar-refractivity contribution is 0.0187. The zero-order chi connectivity index (χ0) is 17.9. The maximum atomic E-state index is 13.4. The van der Waals surface area contributed by atoms with Crippen molar-refractivity contribution in [3.05, 3.63) is 59.8 Å². The average Bonchev–Trinajstić information content (AvgIpc) is 3.05. The molecule has 3 heterocycles. The number of aromatic nitrogens is 3. The molecule has 1 saturated heterocycles. The Morgan fingerprint density at radius 3 is 2.77 bits per heavy atom. The second-order valence-corrected chi connectivity index (χ2v) is 6.49. The van der Waals surface area contributed by atoms with Gasteiger partial charge >= 0.3 is 0 Å². The number of nitrogens with one attached hydrogen (secondary N) is 1. The summed E-state index contributed by atoms with van der Waals surface area (Å²) in [6, 6.07) is 8.87. The summed E-state index contributed by atoms with van der Waals surface area (Å²) in [5, 5.41) is 7.89. The van der Waals surface area contributed by atoms with Gasteiger partial charge in [-0.2, -0.15) is 5.10 Å². The van der Waals surface area contributed by atoms with Crippen LogP contribution < -0.4 is 5.32 Å². The number of hydrogen-bond acceptors (Lipinski definition) is 5. The molecule has 1 atom stereocenters. The molecule has 1 aliphatic rings. The summed E-state index contributed by atoms with van der Waals surface area (Å²) in [5.41, 5.74) is 2.98. The van der Waals surface area contributed by atoms with Gasteiger partial charge in [-0.1, -0.05) is 12.1 Å². The number of morpholine rings is 1. The molecule has 2 aromatic heterocycles. The zero-order valence-corrected chi connectivity index (χ0v) is 14.7. The van der Waals surface area contributed by atoms with Gasteiger partial charge < -0.3 is 10.1 Å². The first-order valence-corrected chi connectivity index (χ1v) is 8.83. The quantitative estimate of drug-likeness (QED) is 0.763. The van der Waals surface area contributed by atoms with E-state index in [1.54, 1.807) is 6.20 Å². The summed E-state index contributed by atoms with van der Waals surface area (Å²) in [4.78, 5) is 6.84. The molecule has 6 nitrogen and oxygen atoms in total. The van der Waals surface area contributed by atoms with Crippen LogP contribution in [0.2, 0.25) is 0 Å². The van der Waals surface area contributed by atoms with Gasteiger partial charge in [-0.3, -0.25) is 4.90 Å². The van der Waals surface area contributed by atoms with Crippen LogP contribution in [0, 0.1) is 12.7 Å². The maximum Gasteiger partial charge on any atom is 0.152 e. The van der Waals surface area contributed by atoms with Crippen LogP contribution in [0.5, 0.6) is 0 Å². The molecule has 1 aromatic carbocycles. The normalized spacial score (nSPS) is 16.7. The monoisotopic (exact) mass is 355 g/mol. The van der Waals surface area contributed by atoms with E-state index < -0.39 is 0 Å². The summed E-state index contributed by atoms with van der Waals surface area (Å²) < 4.78 is 20.7. The molecule has 4 rings (SSSR count). The van der Waals surface area contributed by atoms with E-state index >= 15 is 0 Å². The molecule has 0 aliphatic carbocycles. The topological polar surface area (TPSA) is 54.7 Å². The Morgan fingerprint density at radius 2 is 2.00 bits per heavy atom. The van der Waals surface area contributed by atoms with Crippen molar-refractivity contribution in [2.24, 2.45) is 0 Å². The van der Waals surface area contributed by atoms with Crippen LogP contribution in [-0.4, -0.2) is 52.3 Å². The van der Waals surface area contributed by atoms with Crippen molar-refractivity contribution in [2.75, 3.05) is 38.2 Å². The van der Waals surface area contributed by atoms with Gasteiger partial charge in [-0.25, -0.2) is 13.9 Å². The number of rotatable bonds is 5. The first kappa shape index (κ1) is 16.9. The highest BCUT2D eigenvalue weighted by Crippen LogP contribution is 2.24. The van der Waals surface area contributed by atoms with E-state index in [1.807, 2.05) is 35.8 Å². The Labute approximate surface area is 151 Å². The third-order valence-electron chi connectivity index (χ3n) is 4.72. The first-order valence-electron chi connectivity index (χ1n) is 8.83. The maximum absolute atomic E-state index is 13.4. The van der Waals surface area contributed by atoms with Crippen LogP contribution in [0.25, 0.3) is 5.52 Å². The van der Waals surface area contributed by atoms with E-state index in [9.17, 15) is 4.39 Å². The molecule has 136 valence electrons. The SMILES string of the molecule is Cc1cc2c(NCC(c3ccc(F)cc3)N3CCOCC3)nccn2n1. The molecular formula is C19H22FN5O. The zero-order valence-electron chi connectivity index (χ0n) is 14.7. The number of ether oxygens (including phenoxy) is 1. The number of anilines is 1. The highest BCUT2D eigenvalue weighted by Gasteiger charge is 2.23. The van der Waals surface area contributed by atoms with Gasteiger partial charge in [0.05, 0.1) is 24.9 Å². The minimum Gasteiger partial charge on any atom is -0.379 e. The van der Waals surface area contributed by atoms with Gasteiger partial charge in [0.25, 0.3) is 0 Å². The van der Waals surface area contributed by atoms with E-state index in [1.165, 1.54) is 12.1 Å². The van der Waals surface area contributed by atoms with Crippen molar-refractivity contribution in [2.45, 2.75) is 13.0 Å². The van der Waals surface area contributed by atoms with Gasteiger partial charge in [-0.05, 0) is 30.7 Å². The van der Waals surface area contributed by atoms with Crippen LogP contribution in [0.3, 0.4) is 0 Å². The van der Waals surface area contributed by atoms with E-state index in [2.05, 4.69) is 20.3 Å². The second kappa shape index (κ2) is 7.39. The lowest BCUT2D eigenvalue weighted by Crippen LogP contribution is -2.41. The summed E-state index contributed by atoms with van der Waals surface area (Å²) in [5.74, 6) is 0.581. The fourth-order valence-corrected chi connectivity index (χ4v) is 3.41. The van der Waals surface area contributed by atoms with Crippen LogP contribution in [0.4, 0.5) is 10.2 Å². The third kappa shape index (κ3) is 3.54. The number of aryl methyl sites for hydroxylation is 1. The molecule has 0 radical (unpaired) electrons. The second-order valence-electron chi connectivity index (χ2n) is 6.49. The Hall–Kier alpha value is -2.51. The number of nitrogens with zero attached hydrogens (tertiary/aromatic N) is 4. The number of benzene rings is 1. The lowest BCUT2D eigenvalue weighted by atomic mass is 10.0. The van der Waals surface area contributed by atoms with Crippen molar-refractivity contribution in [3.63, 3.8) is 0 Å². The van der Waals surface area contributed by atoms with Crippen molar-refractivity contribution >= 4 is 11.3 Å². The molecule has 1 unspecified atom stereocenters. The minimum absolute atomic E-state index is 0.116. The third-order valence-corrected chi connectivity index (χ3v) is 4.72. The molecule has 0 saturated carbocycles. The van der Waals surface area contributed by atoms with E-state index in [4.69, 9.17) is 4.74 Å². The number of halogens is 1. The van der Waals surface area contributed by atoms with Gasteiger partial charge in [0.1, 0.15) is 11.3 Å². The van der Waals surface area contributed by atoms with Crippen molar-refractivity contribution in [1.82, 2.24) is 19.5 Å². The van der Waals surface area contributed by atoms with E-state index in [-0.39, 0.29) is 11.9 Å². The fraction of sp³-hybridized carbons (Fsp3) is 0.368. The molecule has 1 aliphatic heterocycles. The first-order chi connectivity index (χ1) is 12.7. The molecule has 7 heteroatoms. The smallest absolute Gasteiger partial charge is 0.152 e. The van der Waals surface area contributed by atoms with Crippen molar-refractivity contribution < 1.29 is 9.13 Å². The predicted molar refractivity (Wildman–Crippen MR) is 97.7 cm³/mol. The van der Waals surface area contributed by atoms with Gasteiger partial charge in [0, 0.05) is 32.0 Å². The van der Waals surface area contributed by atoms with Crippen LogP contribution in [-0.2, 0) is 4.74 Å². The Bertz CT molecular complexity index is 873. The summed E-state index contributed by atoms with van der Waals surface area (Å²) in [7, 11) is 0. The van der Waals surface area contributed by atoms with Gasteiger partial charge in [0.15, 0.2) is 5.82 Å². The molecule has 0 amide bonds.